The molecule has 0 radical (unpaired) electrons. The molecule has 2 atom stereocenters. The molecule has 3 rings (SSSR count). The van der Waals surface area contributed by atoms with Crippen LogP contribution in [0, 0.1) is 0 Å². The van der Waals surface area contributed by atoms with Crippen molar-refractivity contribution in [1.29, 1.82) is 0 Å². The molecule has 1 saturated carbocycles. The van der Waals surface area contributed by atoms with Crippen LogP contribution in [-0.4, -0.2) is 22.7 Å². The van der Waals surface area contributed by atoms with Crippen molar-refractivity contribution in [3.8, 4) is 11.4 Å². The first-order valence-corrected chi connectivity index (χ1v) is 7.98. The Balaban J connectivity index is 1.79. The van der Waals surface area contributed by atoms with Crippen LogP contribution in [0.15, 0.2) is 28.8 Å². The second-order valence-corrected chi connectivity index (χ2v) is 5.71. The van der Waals surface area contributed by atoms with Crippen LogP contribution in [0.4, 0.5) is 0 Å². The lowest BCUT2D eigenvalue weighted by molar-refractivity contribution is 0.332. The summed E-state index contributed by atoms with van der Waals surface area (Å²) in [6.45, 7) is 5.28. The van der Waals surface area contributed by atoms with E-state index in [9.17, 15) is 0 Å². The molecule has 1 aromatic heterocycles. The first-order valence-electron chi connectivity index (χ1n) is 7.98. The van der Waals surface area contributed by atoms with Crippen LogP contribution in [0.3, 0.4) is 0 Å². The van der Waals surface area contributed by atoms with E-state index in [1.54, 1.807) is 0 Å². The maximum Gasteiger partial charge on any atom is 0.231 e. The summed E-state index contributed by atoms with van der Waals surface area (Å²) in [5, 5.41) is 7.70. The molecule has 1 aromatic carbocycles. The van der Waals surface area contributed by atoms with Crippen LogP contribution < -0.4 is 5.32 Å². The Morgan fingerprint density at radius 3 is 2.71 bits per heavy atom. The normalized spacial score (nSPS) is 21.8. The maximum atomic E-state index is 5.54. The predicted octanol–water partition coefficient (Wildman–Crippen LogP) is 3.54. The zero-order chi connectivity index (χ0) is 14.7. The molecular formula is C17H23N3O. The van der Waals surface area contributed by atoms with E-state index in [0.717, 1.165) is 30.8 Å². The number of nitrogens with zero attached hydrogens (tertiary/aromatic N) is 2. The lowest BCUT2D eigenvalue weighted by Crippen LogP contribution is -2.31. The molecule has 4 nitrogen and oxygen atoms in total. The van der Waals surface area contributed by atoms with Gasteiger partial charge in [0.05, 0.1) is 5.92 Å². The molecule has 0 spiro atoms. The second kappa shape index (κ2) is 6.39. The maximum absolute atomic E-state index is 5.54. The Morgan fingerprint density at radius 2 is 2.00 bits per heavy atom. The molecule has 4 heteroatoms. The van der Waals surface area contributed by atoms with Gasteiger partial charge in [-0.1, -0.05) is 49.7 Å². The highest BCUT2D eigenvalue weighted by Gasteiger charge is 2.32. The van der Waals surface area contributed by atoms with E-state index in [0.29, 0.717) is 17.8 Å². The Kier molecular flexibility index (Phi) is 4.34. The molecule has 2 unspecified atom stereocenters. The summed E-state index contributed by atoms with van der Waals surface area (Å²) < 4.78 is 5.54. The fraction of sp³-hybridized carbons (Fsp3) is 0.529. The molecule has 0 aliphatic heterocycles. The quantitative estimate of drug-likeness (QED) is 0.913. The van der Waals surface area contributed by atoms with Gasteiger partial charge in [-0.25, -0.2) is 0 Å². The third-order valence-corrected chi connectivity index (χ3v) is 4.36. The summed E-state index contributed by atoms with van der Waals surface area (Å²) in [4.78, 5) is 4.63. The van der Waals surface area contributed by atoms with Crippen molar-refractivity contribution in [1.82, 2.24) is 15.5 Å². The third kappa shape index (κ3) is 3.00. The molecule has 2 aromatic rings. The summed E-state index contributed by atoms with van der Waals surface area (Å²) in [5.74, 6) is 1.85. The van der Waals surface area contributed by atoms with Gasteiger partial charge in [-0.15, -0.1) is 0 Å². The van der Waals surface area contributed by atoms with E-state index in [1.165, 1.54) is 18.4 Å². The van der Waals surface area contributed by atoms with E-state index < -0.39 is 0 Å². The molecule has 0 bridgehead atoms. The summed E-state index contributed by atoms with van der Waals surface area (Å²) >= 11 is 0. The van der Waals surface area contributed by atoms with Crippen LogP contribution in [0.2, 0.25) is 0 Å². The summed E-state index contributed by atoms with van der Waals surface area (Å²) in [5.41, 5.74) is 2.35. The number of benzene rings is 1. The van der Waals surface area contributed by atoms with Crippen molar-refractivity contribution in [3.63, 3.8) is 0 Å². The SMILES string of the molecule is CCNC1CCCC1c1nc(-c2ccc(CC)cc2)no1. The van der Waals surface area contributed by atoms with Gasteiger partial charge in [-0.3, -0.25) is 0 Å². The van der Waals surface area contributed by atoms with Crippen molar-refractivity contribution in [2.75, 3.05) is 6.54 Å². The van der Waals surface area contributed by atoms with Crippen molar-refractivity contribution in [2.45, 2.75) is 51.5 Å². The average Bonchev–Trinajstić information content (AvgIpc) is 3.16. The van der Waals surface area contributed by atoms with Crippen LogP contribution >= 0.6 is 0 Å². The zero-order valence-electron chi connectivity index (χ0n) is 12.8. The standard InChI is InChI=1S/C17H23N3O/c1-3-12-8-10-13(11-9-12)16-19-17(21-20-16)14-6-5-7-15(14)18-4-2/h8-11,14-15,18H,3-7H2,1-2H3. The first kappa shape index (κ1) is 14.3. The van der Waals surface area contributed by atoms with Crippen molar-refractivity contribution < 1.29 is 4.52 Å². The molecule has 1 aliphatic rings. The third-order valence-electron chi connectivity index (χ3n) is 4.36. The Bertz CT molecular complexity index is 576. The Hall–Kier alpha value is -1.68. The van der Waals surface area contributed by atoms with Gasteiger partial charge in [0.1, 0.15) is 0 Å². The van der Waals surface area contributed by atoms with Gasteiger partial charge in [-0.05, 0) is 31.4 Å². The number of likely N-dealkylation sites (N-methyl/N-ethyl adjacent to an activating group) is 1. The van der Waals surface area contributed by atoms with E-state index in [-0.39, 0.29) is 0 Å². The van der Waals surface area contributed by atoms with E-state index in [2.05, 4.69) is 53.6 Å². The monoisotopic (exact) mass is 285 g/mol. The molecule has 1 heterocycles. The largest absolute Gasteiger partial charge is 0.339 e. The van der Waals surface area contributed by atoms with Gasteiger partial charge in [0.25, 0.3) is 0 Å². The van der Waals surface area contributed by atoms with E-state index in [4.69, 9.17) is 4.52 Å². The van der Waals surface area contributed by atoms with Crippen LogP contribution in [-0.2, 0) is 6.42 Å². The number of hydrogen-bond donors (Lipinski definition) is 1. The summed E-state index contributed by atoms with van der Waals surface area (Å²) in [6.07, 6.45) is 4.60. The van der Waals surface area contributed by atoms with Gasteiger partial charge in [-0.2, -0.15) is 4.98 Å². The van der Waals surface area contributed by atoms with Gasteiger partial charge in [0.15, 0.2) is 0 Å². The smallest absolute Gasteiger partial charge is 0.231 e. The van der Waals surface area contributed by atoms with Gasteiger partial charge in [0, 0.05) is 11.6 Å². The molecule has 1 N–H and O–H groups in total. The predicted molar refractivity (Wildman–Crippen MR) is 83.2 cm³/mol. The van der Waals surface area contributed by atoms with Crippen LogP contribution in [0.1, 0.15) is 50.5 Å². The van der Waals surface area contributed by atoms with Crippen LogP contribution in [0.25, 0.3) is 11.4 Å². The second-order valence-electron chi connectivity index (χ2n) is 5.71. The molecule has 1 fully saturated rings. The molecule has 21 heavy (non-hydrogen) atoms. The fourth-order valence-corrected chi connectivity index (χ4v) is 3.15. The van der Waals surface area contributed by atoms with Gasteiger partial charge >= 0.3 is 0 Å². The highest BCUT2D eigenvalue weighted by atomic mass is 16.5. The highest BCUT2D eigenvalue weighted by molar-refractivity contribution is 5.54. The summed E-state index contributed by atoms with van der Waals surface area (Å²) in [6, 6.07) is 8.88. The van der Waals surface area contributed by atoms with Gasteiger partial charge < -0.3 is 9.84 Å². The van der Waals surface area contributed by atoms with Crippen molar-refractivity contribution >= 4 is 0 Å². The number of aromatic nitrogens is 2. The Labute approximate surface area is 126 Å². The first-order chi connectivity index (χ1) is 10.3. The topological polar surface area (TPSA) is 51.0 Å². The van der Waals surface area contributed by atoms with Crippen molar-refractivity contribution in [3.05, 3.63) is 35.7 Å². The molecule has 0 amide bonds. The minimum Gasteiger partial charge on any atom is -0.339 e. The number of rotatable bonds is 5. The van der Waals surface area contributed by atoms with E-state index in [1.807, 2.05) is 0 Å². The lowest BCUT2D eigenvalue weighted by Gasteiger charge is -2.16. The number of nitrogens with one attached hydrogen (secondary N) is 1. The number of aryl methyl sites for hydroxylation is 1. The van der Waals surface area contributed by atoms with Crippen molar-refractivity contribution in [2.24, 2.45) is 0 Å². The molecule has 0 saturated heterocycles. The lowest BCUT2D eigenvalue weighted by atomic mass is 10.0. The minimum atomic E-state index is 0.362. The zero-order valence-corrected chi connectivity index (χ0v) is 12.8. The molecule has 112 valence electrons. The van der Waals surface area contributed by atoms with Crippen LogP contribution in [0.5, 0.6) is 0 Å². The molecule has 1 aliphatic carbocycles. The average molecular weight is 285 g/mol. The number of hydrogen-bond acceptors (Lipinski definition) is 4. The van der Waals surface area contributed by atoms with Gasteiger partial charge in [0.2, 0.25) is 11.7 Å². The summed E-state index contributed by atoms with van der Waals surface area (Å²) in [7, 11) is 0. The minimum absolute atomic E-state index is 0.362. The highest BCUT2D eigenvalue weighted by Crippen LogP contribution is 2.34. The van der Waals surface area contributed by atoms with E-state index >= 15 is 0 Å². The molecular weight excluding hydrogens is 262 g/mol. The Morgan fingerprint density at radius 1 is 1.19 bits per heavy atom. The fourth-order valence-electron chi connectivity index (χ4n) is 3.15.